The van der Waals surface area contributed by atoms with Crippen molar-refractivity contribution in [1.29, 1.82) is 0 Å². The van der Waals surface area contributed by atoms with E-state index in [-0.39, 0.29) is 0 Å². The minimum absolute atomic E-state index is 0.400. The molecule has 0 N–H and O–H groups in total. The molecule has 0 aliphatic carbocycles. The van der Waals surface area contributed by atoms with Gasteiger partial charge < -0.3 is 0 Å². The molecule has 0 aliphatic rings. The maximum Gasteiger partial charge on any atom is 0.0839 e. The molecular weight excluding hydrogens is 180 g/mol. The van der Waals surface area contributed by atoms with E-state index < -0.39 is 0 Å². The van der Waals surface area contributed by atoms with Crippen LogP contribution in [-0.2, 0) is 6.42 Å². The second-order valence-corrected chi connectivity index (χ2v) is 3.15. The summed E-state index contributed by atoms with van der Waals surface area (Å²) in [5, 5.41) is 0. The first-order valence-corrected chi connectivity index (χ1v) is 5.04. The van der Waals surface area contributed by atoms with Crippen molar-refractivity contribution >= 4 is 11.6 Å². The number of hydrogen-bond donors (Lipinski definition) is 0. The Kier molecular flexibility index (Phi) is 4.43. The molecule has 0 atom stereocenters. The Morgan fingerprint density at radius 1 is 1.23 bits per heavy atom. The first-order chi connectivity index (χ1) is 6.36. The first-order valence-electron chi connectivity index (χ1n) is 4.50. The van der Waals surface area contributed by atoms with Crippen LogP contribution in [0, 0.1) is 11.8 Å². The van der Waals surface area contributed by atoms with Crippen molar-refractivity contribution in [3.63, 3.8) is 0 Å². The Morgan fingerprint density at radius 2 is 1.92 bits per heavy atom. The van der Waals surface area contributed by atoms with Gasteiger partial charge in [0.05, 0.1) is 5.88 Å². The molecule has 0 unspecified atom stereocenters. The van der Waals surface area contributed by atoms with E-state index in [2.05, 4.69) is 30.9 Å². The van der Waals surface area contributed by atoms with Crippen LogP contribution in [0.2, 0.25) is 0 Å². The summed E-state index contributed by atoms with van der Waals surface area (Å²) in [5.41, 5.74) is 2.42. The molecule has 0 aliphatic heterocycles. The molecule has 1 aromatic carbocycles. The molecule has 0 radical (unpaired) electrons. The third kappa shape index (κ3) is 3.53. The lowest BCUT2D eigenvalue weighted by molar-refractivity contribution is 0.922. The van der Waals surface area contributed by atoms with Crippen molar-refractivity contribution in [3.8, 4) is 11.8 Å². The van der Waals surface area contributed by atoms with Crippen LogP contribution in [0.1, 0.15) is 24.5 Å². The van der Waals surface area contributed by atoms with Gasteiger partial charge in [0.25, 0.3) is 0 Å². The van der Waals surface area contributed by atoms with Crippen LogP contribution in [0.15, 0.2) is 24.3 Å². The molecule has 0 saturated carbocycles. The summed E-state index contributed by atoms with van der Waals surface area (Å²) < 4.78 is 0. The van der Waals surface area contributed by atoms with Crippen molar-refractivity contribution in [2.75, 3.05) is 5.88 Å². The van der Waals surface area contributed by atoms with Crippen LogP contribution in [-0.4, -0.2) is 5.88 Å². The highest BCUT2D eigenvalue weighted by molar-refractivity contribution is 6.19. The van der Waals surface area contributed by atoms with Gasteiger partial charge in [-0.15, -0.1) is 11.6 Å². The molecule has 68 valence electrons. The molecular formula is C12H13Cl. The summed E-state index contributed by atoms with van der Waals surface area (Å²) in [6.07, 6.45) is 2.33. The van der Waals surface area contributed by atoms with Crippen LogP contribution in [0.25, 0.3) is 0 Å². The Morgan fingerprint density at radius 3 is 2.46 bits per heavy atom. The maximum atomic E-state index is 5.46. The van der Waals surface area contributed by atoms with Gasteiger partial charge in [0.1, 0.15) is 0 Å². The Labute approximate surface area is 84.9 Å². The highest BCUT2D eigenvalue weighted by Crippen LogP contribution is 2.05. The highest BCUT2D eigenvalue weighted by atomic mass is 35.5. The smallest absolute Gasteiger partial charge is 0.0839 e. The van der Waals surface area contributed by atoms with E-state index in [0.717, 1.165) is 12.0 Å². The summed E-state index contributed by atoms with van der Waals surface area (Å²) in [6.45, 7) is 2.18. The van der Waals surface area contributed by atoms with Gasteiger partial charge in [0, 0.05) is 5.56 Å². The van der Waals surface area contributed by atoms with Crippen molar-refractivity contribution in [2.24, 2.45) is 0 Å². The lowest BCUT2D eigenvalue weighted by Crippen LogP contribution is -1.82. The molecule has 1 rings (SSSR count). The average molecular weight is 193 g/mol. The maximum absolute atomic E-state index is 5.46. The quantitative estimate of drug-likeness (QED) is 0.499. The first kappa shape index (κ1) is 10.2. The second kappa shape index (κ2) is 5.67. The fourth-order valence-electron chi connectivity index (χ4n) is 1.18. The predicted octanol–water partition coefficient (Wildman–Crippen LogP) is 3.23. The number of rotatable bonds is 2. The second-order valence-electron chi connectivity index (χ2n) is 2.88. The van der Waals surface area contributed by atoms with E-state index in [1.807, 2.05) is 12.1 Å². The molecule has 0 amide bonds. The number of halogens is 1. The Hall–Kier alpha value is -0.930. The van der Waals surface area contributed by atoms with E-state index in [9.17, 15) is 0 Å². The van der Waals surface area contributed by atoms with Gasteiger partial charge in [-0.1, -0.05) is 37.3 Å². The normalized spacial score (nSPS) is 9.08. The zero-order chi connectivity index (χ0) is 9.52. The summed E-state index contributed by atoms with van der Waals surface area (Å²) >= 11 is 5.46. The van der Waals surface area contributed by atoms with E-state index in [4.69, 9.17) is 11.6 Å². The largest absolute Gasteiger partial charge is 0.113 e. The summed E-state index contributed by atoms with van der Waals surface area (Å²) in [4.78, 5) is 0. The fraction of sp³-hybridized carbons (Fsp3) is 0.333. The highest BCUT2D eigenvalue weighted by Gasteiger charge is 1.90. The standard InChI is InChI=1S/C12H13Cl/c1-2-4-11-6-8-12(9-7-11)5-3-10-13/h6-9H,2,4,10H2,1H3. The van der Waals surface area contributed by atoms with Gasteiger partial charge in [-0.2, -0.15) is 0 Å². The number of aryl methyl sites for hydroxylation is 1. The molecule has 0 spiro atoms. The van der Waals surface area contributed by atoms with Gasteiger partial charge >= 0.3 is 0 Å². The van der Waals surface area contributed by atoms with E-state index in [1.54, 1.807) is 0 Å². The molecule has 1 aromatic rings. The van der Waals surface area contributed by atoms with Crippen LogP contribution >= 0.6 is 11.6 Å². The SMILES string of the molecule is CCCc1ccc(C#CCCl)cc1. The molecule has 0 saturated heterocycles. The zero-order valence-electron chi connectivity index (χ0n) is 7.81. The third-order valence-corrected chi connectivity index (χ3v) is 1.93. The molecule has 1 heteroatoms. The fourth-order valence-corrected chi connectivity index (χ4v) is 1.25. The van der Waals surface area contributed by atoms with Gasteiger partial charge in [-0.05, 0) is 24.1 Å². The lowest BCUT2D eigenvalue weighted by atomic mass is 10.1. The minimum Gasteiger partial charge on any atom is -0.113 e. The van der Waals surface area contributed by atoms with E-state index in [0.29, 0.717) is 5.88 Å². The molecule has 0 nitrogen and oxygen atoms in total. The van der Waals surface area contributed by atoms with Crippen LogP contribution in [0.3, 0.4) is 0 Å². The van der Waals surface area contributed by atoms with Crippen LogP contribution in [0.5, 0.6) is 0 Å². The zero-order valence-corrected chi connectivity index (χ0v) is 8.56. The van der Waals surface area contributed by atoms with Crippen molar-refractivity contribution in [1.82, 2.24) is 0 Å². The number of alkyl halides is 1. The summed E-state index contributed by atoms with van der Waals surface area (Å²) in [7, 11) is 0. The number of hydrogen-bond acceptors (Lipinski definition) is 0. The van der Waals surface area contributed by atoms with Gasteiger partial charge in [0.15, 0.2) is 0 Å². The number of benzene rings is 1. The molecule has 0 bridgehead atoms. The molecule has 0 heterocycles. The van der Waals surface area contributed by atoms with Crippen molar-refractivity contribution in [3.05, 3.63) is 35.4 Å². The van der Waals surface area contributed by atoms with E-state index in [1.165, 1.54) is 12.0 Å². The lowest BCUT2D eigenvalue weighted by Gasteiger charge is -1.97. The van der Waals surface area contributed by atoms with Gasteiger partial charge in [-0.3, -0.25) is 0 Å². The van der Waals surface area contributed by atoms with Crippen LogP contribution in [0.4, 0.5) is 0 Å². The topological polar surface area (TPSA) is 0 Å². The Balaban J connectivity index is 2.69. The summed E-state index contributed by atoms with van der Waals surface area (Å²) in [6, 6.07) is 8.35. The van der Waals surface area contributed by atoms with Gasteiger partial charge in [-0.25, -0.2) is 0 Å². The average Bonchev–Trinajstić information content (AvgIpc) is 2.17. The minimum atomic E-state index is 0.400. The van der Waals surface area contributed by atoms with E-state index >= 15 is 0 Å². The molecule has 13 heavy (non-hydrogen) atoms. The predicted molar refractivity (Wildman–Crippen MR) is 58.0 cm³/mol. The Bertz CT molecular complexity index is 300. The third-order valence-electron chi connectivity index (χ3n) is 1.79. The molecule has 0 fully saturated rings. The monoisotopic (exact) mass is 192 g/mol. The van der Waals surface area contributed by atoms with Crippen LogP contribution < -0.4 is 0 Å². The van der Waals surface area contributed by atoms with Crippen molar-refractivity contribution in [2.45, 2.75) is 19.8 Å². The summed E-state index contributed by atoms with van der Waals surface area (Å²) in [5.74, 6) is 6.21. The van der Waals surface area contributed by atoms with Crippen molar-refractivity contribution < 1.29 is 0 Å². The van der Waals surface area contributed by atoms with Gasteiger partial charge in [0.2, 0.25) is 0 Å². The molecule has 0 aromatic heterocycles.